The molecular weight excluding hydrogens is 555 g/mol. The highest BCUT2D eigenvalue weighted by Crippen LogP contribution is 2.56. The lowest BCUT2D eigenvalue weighted by Crippen LogP contribution is -2.45. The van der Waals surface area contributed by atoms with Gasteiger partial charge in [0.1, 0.15) is 30.0 Å². The van der Waals surface area contributed by atoms with Crippen molar-refractivity contribution in [2.75, 3.05) is 19.7 Å². The van der Waals surface area contributed by atoms with E-state index >= 15 is 0 Å². The molecule has 1 saturated heterocycles. The highest BCUT2D eigenvalue weighted by molar-refractivity contribution is 6.32. The number of nitrogens with zero attached hydrogens (tertiary/aromatic N) is 1. The Kier molecular flexibility index (Phi) is 7.32. The number of likely N-dealkylation sites (tertiary alicyclic amines) is 1. The molecule has 6 rings (SSSR count). The summed E-state index contributed by atoms with van der Waals surface area (Å²) in [6.07, 6.45) is 1.00. The standard InChI is InChI=1S/C32H31ClF3NO4/c1-18(37-12-10-32(35,36)11-13-37)17-40-22-7-4-20(5-8-22)31-30(21-6-9-24(33)26(38)14-21)29(19-2-3-19)23-15-27(39)25(34)16-28(23)41-31/h4-9,14-16,18-19,31,38-39H,2-3,10-13,17H2,1H3/t18-,31?/m0/s1. The zero-order valence-corrected chi connectivity index (χ0v) is 23.3. The van der Waals surface area contributed by atoms with Crippen molar-refractivity contribution in [2.24, 2.45) is 5.92 Å². The summed E-state index contributed by atoms with van der Waals surface area (Å²) in [6, 6.07) is 15.1. The summed E-state index contributed by atoms with van der Waals surface area (Å²) in [6.45, 7) is 3.02. The van der Waals surface area contributed by atoms with Crippen molar-refractivity contribution >= 4 is 22.7 Å². The van der Waals surface area contributed by atoms with Gasteiger partial charge in [-0.15, -0.1) is 0 Å². The molecule has 0 aromatic heterocycles. The van der Waals surface area contributed by atoms with Crippen molar-refractivity contribution in [3.63, 3.8) is 0 Å². The number of halogens is 4. The van der Waals surface area contributed by atoms with Crippen LogP contribution < -0.4 is 9.47 Å². The second-order valence-corrected chi connectivity index (χ2v) is 11.6. The van der Waals surface area contributed by atoms with Gasteiger partial charge in [0.05, 0.1) is 5.02 Å². The van der Waals surface area contributed by atoms with E-state index in [9.17, 15) is 23.4 Å². The molecule has 0 amide bonds. The van der Waals surface area contributed by atoms with Crippen LogP contribution in [0.2, 0.25) is 5.02 Å². The quantitative estimate of drug-likeness (QED) is 0.296. The van der Waals surface area contributed by atoms with E-state index in [-0.39, 0.29) is 35.6 Å². The number of allylic oxidation sites excluding steroid dienone is 1. The van der Waals surface area contributed by atoms with Crippen LogP contribution in [0.15, 0.2) is 54.6 Å². The predicted octanol–water partition coefficient (Wildman–Crippen LogP) is 7.84. The zero-order chi connectivity index (χ0) is 28.9. The molecule has 1 saturated carbocycles. The normalized spacial score (nSPS) is 21.2. The summed E-state index contributed by atoms with van der Waals surface area (Å²) in [5.41, 5.74) is 3.92. The fourth-order valence-corrected chi connectivity index (χ4v) is 5.83. The minimum atomic E-state index is -2.59. The number of aromatic hydroxyl groups is 2. The zero-order valence-electron chi connectivity index (χ0n) is 22.5. The molecule has 1 unspecified atom stereocenters. The Morgan fingerprint density at radius 3 is 2.37 bits per heavy atom. The van der Waals surface area contributed by atoms with Crippen molar-refractivity contribution in [1.82, 2.24) is 4.90 Å². The van der Waals surface area contributed by atoms with Crippen LogP contribution >= 0.6 is 11.6 Å². The number of rotatable bonds is 7. The molecule has 5 nitrogen and oxygen atoms in total. The molecule has 2 aliphatic heterocycles. The van der Waals surface area contributed by atoms with Gasteiger partial charge < -0.3 is 19.7 Å². The van der Waals surface area contributed by atoms with Crippen LogP contribution in [-0.2, 0) is 0 Å². The van der Waals surface area contributed by atoms with Gasteiger partial charge in [0.25, 0.3) is 5.92 Å². The maximum Gasteiger partial charge on any atom is 0.250 e. The second kappa shape index (κ2) is 10.8. The molecular formula is C32H31ClF3NO4. The molecule has 2 fully saturated rings. The van der Waals surface area contributed by atoms with E-state index in [1.807, 2.05) is 42.2 Å². The third kappa shape index (κ3) is 5.72. The Morgan fingerprint density at radius 2 is 1.71 bits per heavy atom. The van der Waals surface area contributed by atoms with E-state index in [1.54, 1.807) is 12.1 Å². The van der Waals surface area contributed by atoms with Crippen LogP contribution in [0.5, 0.6) is 23.0 Å². The van der Waals surface area contributed by atoms with Crippen LogP contribution in [0.25, 0.3) is 11.1 Å². The molecule has 2 N–H and O–H groups in total. The van der Waals surface area contributed by atoms with Crippen LogP contribution in [-0.4, -0.2) is 46.8 Å². The van der Waals surface area contributed by atoms with Gasteiger partial charge in [-0.05, 0) is 72.7 Å². The monoisotopic (exact) mass is 585 g/mol. The molecule has 9 heteroatoms. The maximum absolute atomic E-state index is 14.4. The van der Waals surface area contributed by atoms with E-state index < -0.39 is 23.6 Å². The first kappa shape index (κ1) is 27.8. The van der Waals surface area contributed by atoms with Crippen molar-refractivity contribution in [1.29, 1.82) is 0 Å². The lowest BCUT2D eigenvalue weighted by molar-refractivity contribution is -0.0644. The molecule has 0 radical (unpaired) electrons. The number of benzene rings is 3. The Hall–Kier alpha value is -3.36. The highest BCUT2D eigenvalue weighted by atomic mass is 35.5. The van der Waals surface area contributed by atoms with Crippen molar-refractivity contribution in [3.8, 4) is 23.0 Å². The molecule has 3 aliphatic rings. The summed E-state index contributed by atoms with van der Waals surface area (Å²) in [5, 5.41) is 20.8. The minimum absolute atomic E-state index is 0.0107. The van der Waals surface area contributed by atoms with Crippen LogP contribution in [0.1, 0.15) is 55.4 Å². The van der Waals surface area contributed by atoms with Crippen LogP contribution in [0.4, 0.5) is 13.2 Å². The summed E-state index contributed by atoms with van der Waals surface area (Å²) in [7, 11) is 0. The fraction of sp³-hybridized carbons (Fsp3) is 0.375. The van der Waals surface area contributed by atoms with Crippen molar-refractivity contribution < 1.29 is 32.9 Å². The van der Waals surface area contributed by atoms with Gasteiger partial charge in [0.2, 0.25) is 0 Å². The summed E-state index contributed by atoms with van der Waals surface area (Å²) in [4.78, 5) is 2.02. The topological polar surface area (TPSA) is 62.2 Å². The largest absolute Gasteiger partial charge is 0.506 e. The Bertz CT molecular complexity index is 1480. The summed E-state index contributed by atoms with van der Waals surface area (Å²) in [5.74, 6) is -2.68. The van der Waals surface area contributed by atoms with Gasteiger partial charge in [0, 0.05) is 49.2 Å². The SMILES string of the molecule is C[C@@H](COc1ccc(C2Oc3cc(F)c(O)cc3C(C3CC3)=C2c2ccc(Cl)c(O)c2)cc1)N1CCC(F)(F)CC1. The van der Waals surface area contributed by atoms with Gasteiger partial charge in [-0.1, -0.05) is 29.8 Å². The molecule has 41 heavy (non-hydrogen) atoms. The fourth-order valence-electron chi connectivity index (χ4n) is 5.71. The van der Waals surface area contributed by atoms with E-state index in [0.29, 0.717) is 36.8 Å². The lowest BCUT2D eigenvalue weighted by Gasteiger charge is -2.35. The van der Waals surface area contributed by atoms with Gasteiger partial charge in [-0.2, -0.15) is 0 Å². The molecule has 2 atom stereocenters. The smallest absolute Gasteiger partial charge is 0.250 e. The van der Waals surface area contributed by atoms with Crippen molar-refractivity contribution in [2.45, 2.75) is 50.7 Å². The average molecular weight is 586 g/mol. The van der Waals surface area contributed by atoms with Crippen molar-refractivity contribution in [3.05, 3.63) is 82.1 Å². The van der Waals surface area contributed by atoms with Crippen LogP contribution in [0, 0.1) is 11.7 Å². The third-order valence-electron chi connectivity index (χ3n) is 8.21. The van der Waals surface area contributed by atoms with Gasteiger partial charge in [0.15, 0.2) is 11.6 Å². The number of phenols is 2. The van der Waals surface area contributed by atoms with Gasteiger partial charge in [-0.25, -0.2) is 13.2 Å². The number of alkyl halides is 2. The molecule has 216 valence electrons. The Balaban J connectivity index is 1.29. The maximum atomic E-state index is 14.4. The van der Waals surface area contributed by atoms with E-state index in [4.69, 9.17) is 21.1 Å². The highest BCUT2D eigenvalue weighted by Gasteiger charge is 2.39. The Morgan fingerprint density at radius 1 is 1.00 bits per heavy atom. The first-order valence-electron chi connectivity index (χ1n) is 13.9. The summed E-state index contributed by atoms with van der Waals surface area (Å²) >= 11 is 6.11. The minimum Gasteiger partial charge on any atom is -0.506 e. The van der Waals surface area contributed by atoms with E-state index in [1.165, 1.54) is 12.1 Å². The predicted molar refractivity (Wildman–Crippen MR) is 151 cm³/mol. The number of hydrogen-bond acceptors (Lipinski definition) is 5. The van der Waals surface area contributed by atoms with Crippen LogP contribution in [0.3, 0.4) is 0 Å². The number of ether oxygens (including phenoxy) is 2. The molecule has 0 spiro atoms. The molecule has 3 aromatic rings. The first-order valence-corrected chi connectivity index (χ1v) is 14.2. The molecule has 2 heterocycles. The Labute approximate surface area is 241 Å². The van der Waals surface area contributed by atoms with E-state index in [0.717, 1.165) is 35.1 Å². The lowest BCUT2D eigenvalue weighted by atomic mass is 9.83. The first-order chi connectivity index (χ1) is 19.6. The van der Waals surface area contributed by atoms with E-state index in [2.05, 4.69) is 0 Å². The number of piperidine rings is 1. The molecule has 3 aromatic carbocycles. The summed E-state index contributed by atoms with van der Waals surface area (Å²) < 4.78 is 53.9. The number of hydrogen-bond donors (Lipinski definition) is 2. The second-order valence-electron chi connectivity index (χ2n) is 11.2. The third-order valence-corrected chi connectivity index (χ3v) is 8.53. The number of phenolic OH excluding ortho intramolecular Hbond substituents is 2. The number of fused-ring (bicyclic) bond motifs is 1. The molecule has 1 aliphatic carbocycles. The van der Waals surface area contributed by atoms with Gasteiger partial charge in [-0.3, -0.25) is 4.90 Å². The molecule has 0 bridgehead atoms. The average Bonchev–Trinajstić information content (AvgIpc) is 3.79. The van der Waals surface area contributed by atoms with Gasteiger partial charge >= 0.3 is 0 Å².